The van der Waals surface area contributed by atoms with Crippen LogP contribution in [0.15, 0.2) is 85.0 Å². The van der Waals surface area contributed by atoms with Crippen molar-refractivity contribution in [2.75, 3.05) is 0 Å². The van der Waals surface area contributed by atoms with Crippen molar-refractivity contribution in [2.24, 2.45) is 0 Å². The van der Waals surface area contributed by atoms with E-state index in [4.69, 9.17) is 0 Å². The van der Waals surface area contributed by atoms with Crippen LogP contribution in [0.25, 0.3) is 0 Å². The van der Waals surface area contributed by atoms with Gasteiger partial charge in [0.25, 0.3) is 0 Å². The quantitative estimate of drug-likeness (QED) is 0.550. The van der Waals surface area contributed by atoms with Crippen molar-refractivity contribution in [1.29, 1.82) is 0 Å². The summed E-state index contributed by atoms with van der Waals surface area (Å²) in [6.07, 6.45) is 10.1. The van der Waals surface area contributed by atoms with Crippen LogP contribution in [-0.2, 0) is 5.04 Å². The predicted molar refractivity (Wildman–Crippen MR) is 105 cm³/mol. The van der Waals surface area contributed by atoms with Gasteiger partial charge < -0.3 is 0 Å². The Morgan fingerprint density at radius 3 is 1.83 bits per heavy atom. The van der Waals surface area contributed by atoms with Gasteiger partial charge in [-0.2, -0.15) is 0 Å². The molecule has 3 aliphatic rings. The van der Waals surface area contributed by atoms with Crippen LogP contribution in [0.1, 0.15) is 5.56 Å². The van der Waals surface area contributed by atoms with Crippen molar-refractivity contribution in [2.45, 2.75) is 30.2 Å². The second-order valence-corrected chi connectivity index (χ2v) is 22.3. The molecule has 2 aromatic carbocycles. The summed E-state index contributed by atoms with van der Waals surface area (Å²) in [5, 5.41) is 1.79. The lowest BCUT2D eigenvalue weighted by atomic mass is 9.93. The van der Waals surface area contributed by atoms with Gasteiger partial charge in [0.2, 0.25) is 0 Å². The number of rotatable bonds is 2. The molecule has 2 heterocycles. The highest BCUT2D eigenvalue weighted by Gasteiger charge is 2.63. The molecule has 0 spiro atoms. The van der Waals surface area contributed by atoms with E-state index < -0.39 is 15.2 Å². The van der Waals surface area contributed by atoms with E-state index in [9.17, 15) is 0 Å². The minimum Gasteiger partial charge on any atom is -0.0833 e. The third-order valence-corrected chi connectivity index (χ3v) is 26.2. The van der Waals surface area contributed by atoms with Crippen molar-refractivity contribution < 1.29 is 0 Å². The molecule has 2 bridgehead atoms. The molecule has 2 heteroatoms. The highest BCUT2D eigenvalue weighted by molar-refractivity contribution is 7.48. The number of fused-ring (bicyclic) bond motifs is 1. The molecule has 0 aromatic heterocycles. The van der Waals surface area contributed by atoms with Gasteiger partial charge in [-0.3, -0.25) is 0 Å². The summed E-state index contributed by atoms with van der Waals surface area (Å²) in [6, 6.07) is 22.6. The molecule has 0 saturated carbocycles. The summed E-state index contributed by atoms with van der Waals surface area (Å²) >= 11 is 0. The van der Waals surface area contributed by atoms with Crippen LogP contribution in [0, 0.1) is 0 Å². The molecule has 1 atom stereocenters. The van der Waals surface area contributed by atoms with E-state index in [1.807, 2.05) is 0 Å². The average molecular weight is 333 g/mol. The van der Waals surface area contributed by atoms with Gasteiger partial charge in [0.15, 0.2) is 0 Å². The smallest absolute Gasteiger partial charge is 0.0833 e. The van der Waals surface area contributed by atoms with Gasteiger partial charge >= 0.3 is 0 Å². The summed E-state index contributed by atoms with van der Waals surface area (Å²) in [7, 11) is -3.20. The third kappa shape index (κ3) is 1.76. The molecular formula is C21H24Si2. The van der Waals surface area contributed by atoms with Crippen molar-refractivity contribution in [1.82, 2.24) is 0 Å². The summed E-state index contributed by atoms with van der Waals surface area (Å²) in [5.74, 6) is 0. The minimum atomic E-state index is -1.61. The Morgan fingerprint density at radius 2 is 1.26 bits per heavy atom. The highest BCUT2D eigenvalue weighted by Crippen LogP contribution is 2.54. The first kappa shape index (κ1) is 14.9. The first-order valence-corrected chi connectivity index (χ1v) is 15.1. The first-order chi connectivity index (χ1) is 11.0. The molecule has 2 aliphatic heterocycles. The van der Waals surface area contributed by atoms with E-state index in [1.54, 1.807) is 5.19 Å². The van der Waals surface area contributed by atoms with Gasteiger partial charge in [-0.1, -0.05) is 110 Å². The number of hydrogen-bond acceptors (Lipinski definition) is 0. The van der Waals surface area contributed by atoms with Crippen molar-refractivity contribution in [3.05, 3.63) is 90.5 Å². The normalized spacial score (nSPS) is 33.8. The molecule has 0 radical (unpaired) electrons. The topological polar surface area (TPSA) is 0 Å². The molecule has 0 nitrogen and oxygen atoms in total. The Balaban J connectivity index is 1.97. The second-order valence-electron chi connectivity index (χ2n) is 7.67. The van der Waals surface area contributed by atoms with Crippen LogP contribution in [0.2, 0.25) is 25.2 Å². The standard InChI is InChI=1S/C21H24Si2/c1-22(2)21(18-10-6-4-7-11-18)16-14-20(15-17-21)23(22,3)19-12-8-5-9-13-19/h4-17,20H,1-3H3. The van der Waals surface area contributed by atoms with Crippen molar-refractivity contribution in [3.8, 4) is 0 Å². The molecule has 0 fully saturated rings. The molecular weight excluding hydrogens is 308 g/mol. The molecule has 0 N–H and O–H groups in total. The van der Waals surface area contributed by atoms with E-state index in [2.05, 4.69) is 105 Å². The number of allylic oxidation sites excluding steroid dienone is 4. The van der Waals surface area contributed by atoms with Gasteiger partial charge in [0, 0.05) is 5.04 Å². The van der Waals surface area contributed by atoms with Gasteiger partial charge in [0.1, 0.15) is 0 Å². The molecule has 1 aliphatic carbocycles. The Bertz CT molecular complexity index is 760. The lowest BCUT2D eigenvalue weighted by molar-refractivity contribution is 0.870. The van der Waals surface area contributed by atoms with Gasteiger partial charge in [-0.15, -0.1) is 0 Å². The fourth-order valence-electron chi connectivity index (χ4n) is 4.88. The van der Waals surface area contributed by atoms with Crippen LogP contribution < -0.4 is 5.19 Å². The number of hydrogen-bond donors (Lipinski definition) is 0. The maximum Gasteiger partial charge on any atom is 0.0890 e. The van der Waals surface area contributed by atoms with Crippen LogP contribution >= 0.6 is 0 Å². The zero-order valence-corrected chi connectivity index (χ0v) is 16.2. The summed E-state index contributed by atoms with van der Waals surface area (Å²) in [6.45, 7) is 7.92. The Morgan fingerprint density at radius 1 is 0.739 bits per heavy atom. The van der Waals surface area contributed by atoms with Gasteiger partial charge in [-0.25, -0.2) is 0 Å². The monoisotopic (exact) mass is 332 g/mol. The molecule has 2 aromatic rings. The Labute approximate surface area is 141 Å². The zero-order chi connectivity index (χ0) is 16.1. The molecule has 1 unspecified atom stereocenters. The van der Waals surface area contributed by atoms with E-state index in [-0.39, 0.29) is 5.04 Å². The fourth-order valence-corrected chi connectivity index (χ4v) is 20.7. The van der Waals surface area contributed by atoms with Crippen molar-refractivity contribution >= 4 is 20.4 Å². The van der Waals surface area contributed by atoms with E-state index in [0.29, 0.717) is 5.54 Å². The lowest BCUT2D eigenvalue weighted by Crippen LogP contribution is -2.77. The van der Waals surface area contributed by atoms with E-state index in [1.165, 1.54) is 5.56 Å². The van der Waals surface area contributed by atoms with Crippen LogP contribution in [0.4, 0.5) is 0 Å². The summed E-state index contributed by atoms with van der Waals surface area (Å²) < 4.78 is 0. The molecule has 23 heavy (non-hydrogen) atoms. The van der Waals surface area contributed by atoms with Gasteiger partial charge in [0.05, 0.1) is 15.2 Å². The first-order valence-electron chi connectivity index (χ1n) is 8.52. The third-order valence-electron chi connectivity index (χ3n) is 6.76. The average Bonchev–Trinajstić information content (AvgIpc) is 2.61. The SMILES string of the molecule is C[Si]1(c2ccccc2)C2C=CC(c3ccccc3)(C=C2)[Si]1(C)C. The highest BCUT2D eigenvalue weighted by atomic mass is 29.3. The fraction of sp³-hybridized carbons (Fsp3) is 0.238. The summed E-state index contributed by atoms with van der Waals surface area (Å²) in [5.41, 5.74) is 2.13. The number of benzene rings is 2. The van der Waals surface area contributed by atoms with Crippen LogP contribution in [0.3, 0.4) is 0 Å². The largest absolute Gasteiger partial charge is 0.0890 e. The lowest BCUT2D eigenvalue weighted by Gasteiger charge is -2.60. The zero-order valence-electron chi connectivity index (χ0n) is 14.2. The molecule has 0 saturated heterocycles. The van der Waals surface area contributed by atoms with E-state index in [0.717, 1.165) is 0 Å². The summed E-state index contributed by atoms with van der Waals surface area (Å²) in [4.78, 5) is 0. The Hall–Kier alpha value is -1.65. The minimum absolute atomic E-state index is 0.153. The van der Waals surface area contributed by atoms with Crippen LogP contribution in [-0.4, -0.2) is 15.2 Å². The van der Waals surface area contributed by atoms with Crippen molar-refractivity contribution in [3.63, 3.8) is 0 Å². The predicted octanol–water partition coefficient (Wildman–Crippen LogP) is 4.75. The van der Waals surface area contributed by atoms with E-state index >= 15 is 0 Å². The van der Waals surface area contributed by atoms with Gasteiger partial charge in [-0.05, 0) is 11.1 Å². The van der Waals surface area contributed by atoms with Crippen LogP contribution in [0.5, 0.6) is 0 Å². The maximum atomic E-state index is 2.64. The Kier molecular flexibility index (Phi) is 3.19. The maximum absolute atomic E-state index is 2.64. The molecule has 116 valence electrons. The molecule has 5 rings (SSSR count). The molecule has 0 amide bonds. The second kappa shape index (κ2) is 4.92.